The standard InChI is InChI=1S/C22H22ClN3O2/c1-15-12-18(16(2)26(15)20-8-6-19(23)7-9-20)14-24-25-22(27)13-17-4-10-21(28-3)11-5-17/h4-12,14H,13H2,1-3H3,(H,25,27)/b24-14-. The molecular formula is C22H22ClN3O2. The number of nitrogens with zero attached hydrogens (tertiary/aromatic N) is 2. The highest BCUT2D eigenvalue weighted by Crippen LogP contribution is 2.21. The molecule has 0 aliphatic rings. The molecule has 3 rings (SSSR count). The van der Waals surface area contributed by atoms with Crippen molar-refractivity contribution >= 4 is 23.7 Å². The van der Waals surface area contributed by atoms with Gasteiger partial charge in [0.05, 0.1) is 19.7 Å². The Balaban J connectivity index is 1.66. The van der Waals surface area contributed by atoms with E-state index in [2.05, 4.69) is 15.1 Å². The van der Waals surface area contributed by atoms with Crippen LogP contribution in [0.1, 0.15) is 22.5 Å². The zero-order valence-corrected chi connectivity index (χ0v) is 16.8. The van der Waals surface area contributed by atoms with Crippen LogP contribution in [0.5, 0.6) is 5.75 Å². The molecule has 3 aromatic rings. The molecule has 2 aromatic carbocycles. The Bertz CT molecular complexity index is 990. The Labute approximate surface area is 169 Å². The third-order valence-electron chi connectivity index (χ3n) is 4.47. The highest BCUT2D eigenvalue weighted by atomic mass is 35.5. The predicted octanol–water partition coefficient (Wildman–Crippen LogP) is 4.45. The van der Waals surface area contributed by atoms with E-state index < -0.39 is 0 Å². The van der Waals surface area contributed by atoms with Crippen molar-refractivity contribution < 1.29 is 9.53 Å². The summed E-state index contributed by atoms with van der Waals surface area (Å²) in [5.41, 5.74) is 7.56. The van der Waals surface area contributed by atoms with E-state index >= 15 is 0 Å². The monoisotopic (exact) mass is 395 g/mol. The number of carbonyl (C=O) groups excluding carboxylic acids is 1. The average molecular weight is 396 g/mol. The van der Waals surface area contributed by atoms with Crippen molar-refractivity contribution in [2.45, 2.75) is 20.3 Å². The van der Waals surface area contributed by atoms with Crippen LogP contribution < -0.4 is 10.2 Å². The molecule has 0 unspecified atom stereocenters. The predicted molar refractivity (Wildman–Crippen MR) is 113 cm³/mol. The minimum Gasteiger partial charge on any atom is -0.497 e. The number of rotatable bonds is 6. The number of methoxy groups -OCH3 is 1. The molecule has 6 heteroatoms. The second-order valence-electron chi connectivity index (χ2n) is 6.46. The maximum Gasteiger partial charge on any atom is 0.244 e. The van der Waals surface area contributed by atoms with Crippen molar-refractivity contribution in [3.63, 3.8) is 0 Å². The number of hydrazone groups is 1. The lowest BCUT2D eigenvalue weighted by atomic mass is 10.1. The van der Waals surface area contributed by atoms with Crippen molar-refractivity contribution in [3.05, 3.63) is 82.1 Å². The summed E-state index contributed by atoms with van der Waals surface area (Å²) in [6, 6.07) is 17.1. The second-order valence-corrected chi connectivity index (χ2v) is 6.89. The van der Waals surface area contributed by atoms with Crippen LogP contribution in [0.4, 0.5) is 0 Å². The van der Waals surface area contributed by atoms with Crippen LogP contribution in [-0.2, 0) is 11.2 Å². The third-order valence-corrected chi connectivity index (χ3v) is 4.72. The van der Waals surface area contributed by atoms with Crippen molar-refractivity contribution in [1.82, 2.24) is 9.99 Å². The lowest BCUT2D eigenvalue weighted by Gasteiger charge is -2.09. The smallest absolute Gasteiger partial charge is 0.244 e. The van der Waals surface area contributed by atoms with Crippen molar-refractivity contribution in [3.8, 4) is 11.4 Å². The van der Waals surface area contributed by atoms with E-state index in [-0.39, 0.29) is 12.3 Å². The van der Waals surface area contributed by atoms with Gasteiger partial charge in [0.25, 0.3) is 0 Å². The fourth-order valence-corrected chi connectivity index (χ4v) is 3.17. The van der Waals surface area contributed by atoms with Gasteiger partial charge in [0.1, 0.15) is 5.75 Å². The average Bonchev–Trinajstić information content (AvgIpc) is 2.97. The minimum absolute atomic E-state index is 0.173. The Morgan fingerprint density at radius 3 is 2.46 bits per heavy atom. The van der Waals surface area contributed by atoms with Crippen LogP contribution in [0.3, 0.4) is 0 Å². The Morgan fingerprint density at radius 2 is 1.82 bits per heavy atom. The van der Waals surface area contributed by atoms with Gasteiger partial charge in [-0.2, -0.15) is 5.10 Å². The molecule has 28 heavy (non-hydrogen) atoms. The largest absolute Gasteiger partial charge is 0.497 e. The molecule has 1 aromatic heterocycles. The van der Waals surface area contributed by atoms with Crippen molar-refractivity contribution in [1.29, 1.82) is 0 Å². The van der Waals surface area contributed by atoms with E-state index in [0.29, 0.717) is 5.02 Å². The first-order valence-corrected chi connectivity index (χ1v) is 9.25. The summed E-state index contributed by atoms with van der Waals surface area (Å²) in [6.45, 7) is 4.04. The number of benzene rings is 2. The van der Waals surface area contributed by atoms with Gasteiger partial charge in [-0.25, -0.2) is 5.43 Å². The molecule has 0 saturated carbocycles. The molecule has 0 spiro atoms. The summed E-state index contributed by atoms with van der Waals surface area (Å²) < 4.78 is 7.24. The van der Waals surface area contributed by atoms with Crippen molar-refractivity contribution in [2.75, 3.05) is 7.11 Å². The number of halogens is 1. The fraction of sp³-hybridized carbons (Fsp3) is 0.182. The lowest BCUT2D eigenvalue weighted by Crippen LogP contribution is -2.19. The first-order chi connectivity index (χ1) is 13.5. The first kappa shape index (κ1) is 19.7. The van der Waals surface area contributed by atoms with Gasteiger partial charge < -0.3 is 9.30 Å². The van der Waals surface area contributed by atoms with Crippen LogP contribution in [-0.4, -0.2) is 23.8 Å². The van der Waals surface area contributed by atoms with E-state index in [1.807, 2.05) is 68.4 Å². The Morgan fingerprint density at radius 1 is 1.14 bits per heavy atom. The highest BCUT2D eigenvalue weighted by Gasteiger charge is 2.09. The van der Waals surface area contributed by atoms with Crippen LogP contribution in [0.2, 0.25) is 5.02 Å². The van der Waals surface area contributed by atoms with Gasteiger partial charge in [0, 0.05) is 27.7 Å². The minimum atomic E-state index is -0.173. The number of carbonyl (C=O) groups is 1. The highest BCUT2D eigenvalue weighted by molar-refractivity contribution is 6.30. The molecule has 1 amide bonds. The third kappa shape index (κ3) is 4.61. The molecular weight excluding hydrogens is 374 g/mol. The van der Waals surface area contributed by atoms with E-state index in [1.165, 1.54) is 0 Å². The number of hydrogen-bond acceptors (Lipinski definition) is 3. The summed E-state index contributed by atoms with van der Waals surface area (Å²) in [6.07, 6.45) is 1.92. The quantitative estimate of drug-likeness (QED) is 0.495. The molecule has 0 radical (unpaired) electrons. The van der Waals surface area contributed by atoms with Crippen molar-refractivity contribution in [2.24, 2.45) is 5.10 Å². The molecule has 144 valence electrons. The number of nitrogens with one attached hydrogen (secondary N) is 1. The molecule has 1 heterocycles. The molecule has 0 bridgehead atoms. The second kappa shape index (κ2) is 8.76. The molecule has 0 fully saturated rings. The number of amides is 1. The van der Waals surface area contributed by atoms with Gasteiger partial charge in [0.2, 0.25) is 5.91 Å². The SMILES string of the molecule is COc1ccc(CC(=O)N/N=C\c2cc(C)n(-c3ccc(Cl)cc3)c2C)cc1. The summed E-state index contributed by atoms with van der Waals surface area (Å²) in [5.74, 6) is 0.589. The van der Waals surface area contributed by atoms with Gasteiger partial charge >= 0.3 is 0 Å². The molecule has 0 aliphatic heterocycles. The molecule has 0 atom stereocenters. The summed E-state index contributed by atoms with van der Waals surface area (Å²) in [7, 11) is 1.61. The molecule has 1 N–H and O–H groups in total. The topological polar surface area (TPSA) is 55.6 Å². The van der Waals surface area contributed by atoms with Crippen LogP contribution >= 0.6 is 11.6 Å². The van der Waals surface area contributed by atoms with Crippen LogP contribution in [0.25, 0.3) is 5.69 Å². The molecule has 0 aliphatic carbocycles. The van der Waals surface area contributed by atoms with E-state index in [9.17, 15) is 4.79 Å². The van der Waals surface area contributed by atoms with E-state index in [1.54, 1.807) is 13.3 Å². The van der Waals surface area contributed by atoms with E-state index in [0.717, 1.165) is 34.0 Å². The Hall–Kier alpha value is -3.05. The number of aryl methyl sites for hydroxylation is 1. The summed E-state index contributed by atoms with van der Waals surface area (Å²) in [5, 5.41) is 4.81. The zero-order valence-electron chi connectivity index (χ0n) is 16.1. The normalized spacial score (nSPS) is 11.0. The number of aromatic nitrogens is 1. The number of hydrogen-bond donors (Lipinski definition) is 1. The summed E-state index contributed by atoms with van der Waals surface area (Å²) in [4.78, 5) is 12.1. The fourth-order valence-electron chi connectivity index (χ4n) is 3.05. The van der Waals surface area contributed by atoms with Crippen LogP contribution in [0.15, 0.2) is 59.7 Å². The van der Waals surface area contributed by atoms with Gasteiger partial charge in [0.15, 0.2) is 0 Å². The van der Waals surface area contributed by atoms with Crippen LogP contribution in [0, 0.1) is 13.8 Å². The Kier molecular flexibility index (Phi) is 6.16. The lowest BCUT2D eigenvalue weighted by molar-refractivity contribution is -0.120. The van der Waals surface area contributed by atoms with Gasteiger partial charge in [-0.05, 0) is 61.9 Å². The maximum atomic E-state index is 12.1. The molecule has 0 saturated heterocycles. The molecule has 5 nitrogen and oxygen atoms in total. The first-order valence-electron chi connectivity index (χ1n) is 8.87. The number of ether oxygens (including phenoxy) is 1. The van der Waals surface area contributed by atoms with Gasteiger partial charge in [-0.3, -0.25) is 4.79 Å². The zero-order chi connectivity index (χ0) is 20.1. The van der Waals surface area contributed by atoms with E-state index in [4.69, 9.17) is 16.3 Å². The van der Waals surface area contributed by atoms with Gasteiger partial charge in [-0.1, -0.05) is 23.7 Å². The van der Waals surface area contributed by atoms with Gasteiger partial charge in [-0.15, -0.1) is 0 Å². The maximum absolute atomic E-state index is 12.1. The summed E-state index contributed by atoms with van der Waals surface area (Å²) >= 11 is 5.98.